The van der Waals surface area contributed by atoms with Gasteiger partial charge in [-0.05, 0) is 54.2 Å². The second-order valence-corrected chi connectivity index (χ2v) is 9.25. The summed E-state index contributed by atoms with van der Waals surface area (Å²) in [6.07, 6.45) is 0. The summed E-state index contributed by atoms with van der Waals surface area (Å²) in [5.41, 5.74) is 0.859. The summed E-state index contributed by atoms with van der Waals surface area (Å²) in [4.78, 5) is 22.7. The fourth-order valence-electron chi connectivity index (χ4n) is 2.71. The summed E-state index contributed by atoms with van der Waals surface area (Å²) in [6, 6.07) is 18.5. The average molecular weight is 505 g/mol. The molecule has 3 aromatic rings. The molecule has 33 heavy (non-hydrogen) atoms. The minimum absolute atomic E-state index is 0.00109. The highest BCUT2D eigenvalue weighted by atomic mass is 35.5. The summed E-state index contributed by atoms with van der Waals surface area (Å²) in [5.74, 6) is -0.670. The molecule has 9 nitrogen and oxygen atoms in total. The topological polar surface area (TPSA) is 130 Å². The van der Waals surface area contributed by atoms with E-state index in [1.165, 1.54) is 36.4 Å². The van der Waals surface area contributed by atoms with Crippen LogP contribution in [0.2, 0.25) is 5.02 Å². The maximum absolute atomic E-state index is 12.5. The molecule has 3 aromatic carbocycles. The van der Waals surface area contributed by atoms with Crippen LogP contribution >= 0.6 is 23.8 Å². The van der Waals surface area contributed by atoms with Gasteiger partial charge in [0.25, 0.3) is 11.6 Å². The van der Waals surface area contributed by atoms with Gasteiger partial charge in [-0.1, -0.05) is 41.9 Å². The van der Waals surface area contributed by atoms with Crippen molar-refractivity contribution in [3.05, 3.63) is 99.1 Å². The Morgan fingerprint density at radius 2 is 1.70 bits per heavy atom. The maximum atomic E-state index is 12.5. The number of benzene rings is 3. The molecule has 0 radical (unpaired) electrons. The Bertz CT molecular complexity index is 1300. The van der Waals surface area contributed by atoms with Crippen molar-refractivity contribution in [3.8, 4) is 0 Å². The molecule has 0 aromatic heterocycles. The van der Waals surface area contributed by atoms with Gasteiger partial charge in [-0.15, -0.1) is 0 Å². The fraction of sp³-hybridized carbons (Fsp3) is 0.0476. The first kappa shape index (κ1) is 24.3. The highest BCUT2D eigenvalue weighted by Gasteiger charge is 2.17. The highest BCUT2D eigenvalue weighted by molar-refractivity contribution is 7.89. The van der Waals surface area contributed by atoms with E-state index in [4.69, 9.17) is 23.8 Å². The van der Waals surface area contributed by atoms with Gasteiger partial charge >= 0.3 is 0 Å². The molecule has 0 spiro atoms. The van der Waals surface area contributed by atoms with Crippen LogP contribution in [0.5, 0.6) is 0 Å². The summed E-state index contributed by atoms with van der Waals surface area (Å²) < 4.78 is 27.5. The molecule has 0 heterocycles. The Balaban J connectivity index is 1.60. The van der Waals surface area contributed by atoms with Gasteiger partial charge in [0, 0.05) is 23.9 Å². The molecule has 0 aliphatic heterocycles. The molecule has 0 saturated carbocycles. The third-order valence-corrected chi connectivity index (χ3v) is 6.30. The lowest BCUT2D eigenvalue weighted by molar-refractivity contribution is -0.384. The zero-order valence-corrected chi connectivity index (χ0v) is 19.2. The molecule has 0 bridgehead atoms. The largest absolute Gasteiger partial charge is 0.332 e. The lowest BCUT2D eigenvalue weighted by Crippen LogP contribution is -2.34. The molecule has 0 saturated heterocycles. The Morgan fingerprint density at radius 3 is 2.33 bits per heavy atom. The lowest BCUT2D eigenvalue weighted by Gasteiger charge is -2.11. The minimum Gasteiger partial charge on any atom is -0.332 e. The number of carbonyl (C=O) groups is 1. The second kappa shape index (κ2) is 10.5. The molecular formula is C21H17ClN4O5S2. The van der Waals surface area contributed by atoms with Gasteiger partial charge in [0.05, 0.1) is 9.82 Å². The monoisotopic (exact) mass is 504 g/mol. The number of sulfonamides is 1. The summed E-state index contributed by atoms with van der Waals surface area (Å²) in [7, 11) is -3.72. The van der Waals surface area contributed by atoms with Crippen molar-refractivity contribution < 1.29 is 18.1 Å². The van der Waals surface area contributed by atoms with Crippen LogP contribution in [0.3, 0.4) is 0 Å². The molecule has 3 rings (SSSR count). The van der Waals surface area contributed by atoms with E-state index in [0.717, 1.165) is 11.6 Å². The Morgan fingerprint density at radius 1 is 1.03 bits per heavy atom. The molecule has 0 unspecified atom stereocenters. The number of nitrogens with one attached hydrogen (secondary N) is 3. The number of nitro groups is 1. The van der Waals surface area contributed by atoms with Crippen LogP contribution in [0.15, 0.2) is 77.7 Å². The van der Waals surface area contributed by atoms with E-state index in [-0.39, 0.29) is 27.1 Å². The lowest BCUT2D eigenvalue weighted by atomic mass is 10.2. The second-order valence-electron chi connectivity index (χ2n) is 6.67. The standard InChI is InChI=1S/C21H17ClN4O5S2/c22-18-11-6-15(12-19(18)26(28)29)20(27)25-21(32)24-16-7-9-17(10-8-16)33(30,31)23-13-14-4-2-1-3-5-14/h1-12,23H,13H2,(H2,24,25,27,32). The van der Waals surface area contributed by atoms with Crippen molar-refractivity contribution in [2.45, 2.75) is 11.4 Å². The molecule has 3 N–H and O–H groups in total. The van der Waals surface area contributed by atoms with E-state index < -0.39 is 26.5 Å². The number of halogens is 1. The van der Waals surface area contributed by atoms with Gasteiger partial charge in [-0.2, -0.15) is 0 Å². The predicted octanol–water partition coefficient (Wildman–Crippen LogP) is 3.85. The Hall–Kier alpha value is -3.38. The molecule has 0 aliphatic carbocycles. The van der Waals surface area contributed by atoms with Crippen molar-refractivity contribution in [3.63, 3.8) is 0 Å². The highest BCUT2D eigenvalue weighted by Crippen LogP contribution is 2.25. The summed E-state index contributed by atoms with van der Waals surface area (Å²) >= 11 is 10.8. The average Bonchev–Trinajstić information content (AvgIpc) is 2.79. The maximum Gasteiger partial charge on any atom is 0.288 e. The van der Waals surface area contributed by atoms with Crippen molar-refractivity contribution in [1.82, 2.24) is 10.0 Å². The van der Waals surface area contributed by atoms with E-state index >= 15 is 0 Å². The molecular weight excluding hydrogens is 488 g/mol. The number of rotatable bonds is 7. The number of anilines is 1. The first-order valence-electron chi connectivity index (χ1n) is 9.35. The molecule has 0 atom stereocenters. The molecule has 170 valence electrons. The first-order valence-corrected chi connectivity index (χ1v) is 11.6. The van der Waals surface area contributed by atoms with Gasteiger partial charge in [-0.3, -0.25) is 20.2 Å². The normalized spacial score (nSPS) is 10.9. The Labute approximate surface area is 200 Å². The van der Waals surface area contributed by atoms with Crippen LogP contribution in [0.4, 0.5) is 11.4 Å². The number of amides is 1. The number of nitrogens with zero attached hydrogens (tertiary/aromatic N) is 1. The van der Waals surface area contributed by atoms with Crippen LogP contribution in [-0.4, -0.2) is 24.4 Å². The third kappa shape index (κ3) is 6.56. The fourth-order valence-corrected chi connectivity index (χ4v) is 4.12. The van der Waals surface area contributed by atoms with Gasteiger partial charge in [0.1, 0.15) is 5.02 Å². The van der Waals surface area contributed by atoms with Crippen LogP contribution in [0.1, 0.15) is 15.9 Å². The van der Waals surface area contributed by atoms with Crippen LogP contribution in [0, 0.1) is 10.1 Å². The molecule has 0 fully saturated rings. The van der Waals surface area contributed by atoms with Gasteiger partial charge < -0.3 is 5.32 Å². The van der Waals surface area contributed by atoms with Crippen molar-refractivity contribution in [1.29, 1.82) is 0 Å². The van der Waals surface area contributed by atoms with Gasteiger partial charge in [0.2, 0.25) is 10.0 Å². The number of hydrogen-bond donors (Lipinski definition) is 3. The molecule has 0 aliphatic rings. The first-order chi connectivity index (χ1) is 15.7. The SMILES string of the molecule is O=C(NC(=S)Nc1ccc(S(=O)(=O)NCc2ccccc2)cc1)c1ccc(Cl)c([N+](=O)[O-])c1. The number of thiocarbonyl (C=S) groups is 1. The zero-order valence-electron chi connectivity index (χ0n) is 16.8. The number of nitro benzene ring substituents is 1. The van der Waals surface area contributed by atoms with E-state index in [9.17, 15) is 23.3 Å². The molecule has 12 heteroatoms. The van der Waals surface area contributed by atoms with E-state index in [0.29, 0.717) is 5.69 Å². The quantitative estimate of drug-likeness (QED) is 0.253. The van der Waals surface area contributed by atoms with Crippen molar-refractivity contribution in [2.24, 2.45) is 0 Å². The smallest absolute Gasteiger partial charge is 0.288 e. The van der Waals surface area contributed by atoms with E-state index in [2.05, 4.69) is 15.4 Å². The van der Waals surface area contributed by atoms with Crippen molar-refractivity contribution in [2.75, 3.05) is 5.32 Å². The van der Waals surface area contributed by atoms with E-state index in [1.807, 2.05) is 30.3 Å². The van der Waals surface area contributed by atoms with Crippen LogP contribution < -0.4 is 15.4 Å². The van der Waals surface area contributed by atoms with Gasteiger partial charge in [0.15, 0.2) is 5.11 Å². The van der Waals surface area contributed by atoms with Crippen molar-refractivity contribution >= 4 is 56.2 Å². The number of hydrogen-bond acceptors (Lipinski definition) is 6. The van der Waals surface area contributed by atoms with Gasteiger partial charge in [-0.25, -0.2) is 13.1 Å². The summed E-state index contributed by atoms with van der Waals surface area (Å²) in [6.45, 7) is 0.155. The third-order valence-electron chi connectivity index (χ3n) is 4.36. The van der Waals surface area contributed by atoms with E-state index in [1.54, 1.807) is 0 Å². The molecule has 1 amide bonds. The van der Waals surface area contributed by atoms with Crippen LogP contribution in [-0.2, 0) is 16.6 Å². The van der Waals surface area contributed by atoms with Crippen LogP contribution in [0.25, 0.3) is 0 Å². The predicted molar refractivity (Wildman–Crippen MR) is 129 cm³/mol. The minimum atomic E-state index is -3.72. The zero-order chi connectivity index (χ0) is 24.0. The Kier molecular flexibility index (Phi) is 7.71. The summed E-state index contributed by atoms with van der Waals surface area (Å²) in [5, 5.41) is 16.0. The number of carbonyl (C=O) groups excluding carboxylic acids is 1.